The number of aromatic nitrogens is 1. The van der Waals surface area contributed by atoms with Crippen LogP contribution in [0, 0.1) is 0 Å². The highest BCUT2D eigenvalue weighted by molar-refractivity contribution is 7.89. The Morgan fingerprint density at radius 2 is 1.92 bits per heavy atom. The van der Waals surface area contributed by atoms with Crippen molar-refractivity contribution in [3.63, 3.8) is 0 Å². The number of rotatable bonds is 6. The summed E-state index contributed by atoms with van der Waals surface area (Å²) in [5.41, 5.74) is 0. The molecule has 26 heavy (non-hydrogen) atoms. The Morgan fingerprint density at radius 3 is 2.50 bits per heavy atom. The van der Waals surface area contributed by atoms with E-state index < -0.39 is 10.0 Å². The van der Waals surface area contributed by atoms with Crippen LogP contribution in [0.2, 0.25) is 0 Å². The third-order valence-corrected chi connectivity index (χ3v) is 6.68. The lowest BCUT2D eigenvalue weighted by Crippen LogP contribution is -2.50. The van der Waals surface area contributed by atoms with Gasteiger partial charge in [-0.25, -0.2) is 13.4 Å². The third kappa shape index (κ3) is 4.39. The van der Waals surface area contributed by atoms with Crippen LogP contribution in [0.5, 0.6) is 5.75 Å². The molecule has 0 aliphatic carbocycles. The molecule has 1 aliphatic rings. The fraction of sp³-hybridized carbons (Fsp3) is 0.375. The van der Waals surface area contributed by atoms with Crippen molar-refractivity contribution in [1.29, 1.82) is 0 Å². The highest BCUT2D eigenvalue weighted by Gasteiger charge is 2.29. The van der Waals surface area contributed by atoms with Gasteiger partial charge in [-0.1, -0.05) is 0 Å². The molecule has 1 aromatic heterocycles. The van der Waals surface area contributed by atoms with Crippen molar-refractivity contribution in [3.8, 4) is 5.75 Å². The van der Waals surface area contributed by atoms with Crippen LogP contribution in [0.15, 0.2) is 40.7 Å². The summed E-state index contributed by atoms with van der Waals surface area (Å²) < 4.78 is 31.9. The van der Waals surface area contributed by atoms with E-state index in [0.29, 0.717) is 37.1 Å². The number of nitrogens with one attached hydrogen (secondary N) is 1. The van der Waals surface area contributed by atoms with Crippen LogP contribution in [0.25, 0.3) is 0 Å². The quantitative estimate of drug-likeness (QED) is 0.786. The zero-order valence-corrected chi connectivity index (χ0v) is 15.9. The summed E-state index contributed by atoms with van der Waals surface area (Å²) in [4.78, 5) is 18.2. The van der Waals surface area contributed by atoms with Crippen molar-refractivity contribution in [2.24, 2.45) is 0 Å². The molecule has 1 aliphatic heterocycles. The first-order valence-electron chi connectivity index (χ1n) is 8.05. The largest absolute Gasteiger partial charge is 0.497 e. The Morgan fingerprint density at radius 1 is 1.23 bits per heavy atom. The maximum Gasteiger partial charge on any atom is 0.243 e. The van der Waals surface area contributed by atoms with Crippen LogP contribution >= 0.6 is 11.3 Å². The second kappa shape index (κ2) is 8.12. The molecule has 3 rings (SSSR count). The van der Waals surface area contributed by atoms with E-state index in [0.717, 1.165) is 0 Å². The molecule has 8 nitrogen and oxygen atoms in total. The van der Waals surface area contributed by atoms with Gasteiger partial charge in [-0.2, -0.15) is 4.31 Å². The van der Waals surface area contributed by atoms with Crippen molar-refractivity contribution < 1.29 is 17.9 Å². The van der Waals surface area contributed by atoms with Crippen LogP contribution in [0.4, 0.5) is 5.13 Å². The minimum Gasteiger partial charge on any atom is -0.497 e. The number of hydrogen-bond donors (Lipinski definition) is 1. The fourth-order valence-electron chi connectivity index (χ4n) is 2.67. The van der Waals surface area contributed by atoms with Gasteiger partial charge in [-0.15, -0.1) is 11.3 Å². The second-order valence-corrected chi connectivity index (χ2v) is 8.57. The first kappa shape index (κ1) is 18.8. The molecule has 0 atom stereocenters. The number of nitrogens with zero attached hydrogens (tertiary/aromatic N) is 3. The number of hydrogen-bond acceptors (Lipinski definition) is 7. The number of thiazole rings is 1. The Kier molecular flexibility index (Phi) is 5.87. The van der Waals surface area contributed by atoms with E-state index in [9.17, 15) is 13.2 Å². The summed E-state index contributed by atoms with van der Waals surface area (Å²) >= 11 is 1.36. The molecule has 2 heterocycles. The number of methoxy groups -OCH3 is 1. The lowest BCUT2D eigenvalue weighted by atomic mass is 10.3. The number of carbonyl (C=O) groups excluding carboxylic acids is 1. The Bertz CT molecular complexity index is 830. The molecule has 1 amide bonds. The molecular weight excluding hydrogens is 376 g/mol. The summed E-state index contributed by atoms with van der Waals surface area (Å²) in [5.74, 6) is 0.464. The lowest BCUT2D eigenvalue weighted by molar-refractivity contribution is -0.117. The monoisotopic (exact) mass is 396 g/mol. The number of anilines is 1. The first-order chi connectivity index (χ1) is 12.5. The van der Waals surface area contributed by atoms with Gasteiger partial charge in [0, 0.05) is 37.8 Å². The first-order valence-corrected chi connectivity index (χ1v) is 10.4. The summed E-state index contributed by atoms with van der Waals surface area (Å²) in [6.45, 7) is 1.91. The van der Waals surface area contributed by atoms with Crippen LogP contribution in [0.1, 0.15) is 0 Å². The predicted molar refractivity (Wildman–Crippen MR) is 98.9 cm³/mol. The van der Waals surface area contributed by atoms with Crippen molar-refractivity contribution in [2.45, 2.75) is 4.90 Å². The molecule has 1 aromatic carbocycles. The van der Waals surface area contributed by atoms with Crippen LogP contribution in [-0.2, 0) is 14.8 Å². The summed E-state index contributed by atoms with van der Waals surface area (Å²) in [6.07, 6.45) is 1.63. The van der Waals surface area contributed by atoms with Gasteiger partial charge in [-0.05, 0) is 24.3 Å². The molecule has 2 aromatic rings. The van der Waals surface area contributed by atoms with Crippen LogP contribution in [-0.4, -0.2) is 68.3 Å². The highest BCUT2D eigenvalue weighted by Crippen LogP contribution is 2.20. The van der Waals surface area contributed by atoms with Crippen molar-refractivity contribution in [3.05, 3.63) is 35.8 Å². The number of amides is 1. The van der Waals surface area contributed by atoms with E-state index in [2.05, 4.69) is 10.3 Å². The highest BCUT2D eigenvalue weighted by atomic mass is 32.2. The minimum absolute atomic E-state index is 0.147. The number of benzene rings is 1. The Hall–Kier alpha value is -2.01. The third-order valence-electron chi connectivity index (χ3n) is 4.07. The number of carbonyl (C=O) groups is 1. The lowest BCUT2D eigenvalue weighted by Gasteiger charge is -2.33. The molecular formula is C16H20N4O4S2. The SMILES string of the molecule is COc1ccc(S(=O)(=O)N2CCN(CC(=O)Nc3nccs3)CC2)cc1. The van der Waals surface area contributed by atoms with Gasteiger partial charge in [0.1, 0.15) is 5.75 Å². The minimum atomic E-state index is -3.54. The average Bonchev–Trinajstić information content (AvgIpc) is 3.15. The average molecular weight is 396 g/mol. The van der Waals surface area contributed by atoms with E-state index in [1.54, 1.807) is 35.8 Å². The van der Waals surface area contributed by atoms with Gasteiger partial charge >= 0.3 is 0 Å². The van der Waals surface area contributed by atoms with Gasteiger partial charge in [0.15, 0.2) is 5.13 Å². The van der Waals surface area contributed by atoms with Gasteiger partial charge < -0.3 is 10.1 Å². The number of piperazine rings is 1. The zero-order chi connectivity index (χ0) is 18.6. The topological polar surface area (TPSA) is 91.8 Å². The van der Waals surface area contributed by atoms with Crippen molar-refractivity contribution in [1.82, 2.24) is 14.2 Å². The van der Waals surface area contributed by atoms with Gasteiger partial charge in [0.2, 0.25) is 15.9 Å². The van der Waals surface area contributed by atoms with E-state index in [1.807, 2.05) is 4.90 Å². The molecule has 0 bridgehead atoms. The molecule has 10 heteroatoms. The molecule has 0 saturated carbocycles. The molecule has 1 saturated heterocycles. The Balaban J connectivity index is 1.54. The Labute approximate surface area is 156 Å². The predicted octanol–water partition coefficient (Wildman–Crippen LogP) is 1.10. The summed E-state index contributed by atoms with van der Waals surface area (Å²) in [7, 11) is -2.00. The summed E-state index contributed by atoms with van der Waals surface area (Å²) in [6, 6.07) is 6.35. The molecule has 0 radical (unpaired) electrons. The van der Waals surface area contributed by atoms with Gasteiger partial charge in [-0.3, -0.25) is 9.69 Å². The fourth-order valence-corrected chi connectivity index (χ4v) is 4.64. The molecule has 0 spiro atoms. The molecule has 1 N–H and O–H groups in total. The standard InChI is InChI=1S/C16H20N4O4S2/c1-24-13-2-4-14(5-3-13)26(22,23)20-9-7-19(8-10-20)12-15(21)18-16-17-6-11-25-16/h2-6,11H,7-10,12H2,1H3,(H,17,18,21). The van der Waals surface area contributed by atoms with E-state index in [1.165, 1.54) is 22.8 Å². The van der Waals surface area contributed by atoms with Gasteiger partial charge in [0.25, 0.3) is 0 Å². The summed E-state index contributed by atoms with van der Waals surface area (Å²) in [5, 5.41) is 5.09. The van der Waals surface area contributed by atoms with Crippen molar-refractivity contribution in [2.75, 3.05) is 45.2 Å². The van der Waals surface area contributed by atoms with Crippen LogP contribution < -0.4 is 10.1 Å². The normalized spacial score (nSPS) is 16.3. The molecule has 0 unspecified atom stereocenters. The molecule has 140 valence electrons. The van der Waals surface area contributed by atoms with Gasteiger partial charge in [0.05, 0.1) is 18.6 Å². The maximum absolute atomic E-state index is 12.7. The van der Waals surface area contributed by atoms with Crippen molar-refractivity contribution >= 4 is 32.4 Å². The van der Waals surface area contributed by atoms with E-state index in [-0.39, 0.29) is 17.3 Å². The van der Waals surface area contributed by atoms with Crippen LogP contribution in [0.3, 0.4) is 0 Å². The number of sulfonamides is 1. The smallest absolute Gasteiger partial charge is 0.243 e. The van der Waals surface area contributed by atoms with E-state index in [4.69, 9.17) is 4.74 Å². The van der Waals surface area contributed by atoms with E-state index >= 15 is 0 Å². The zero-order valence-electron chi connectivity index (χ0n) is 14.3. The maximum atomic E-state index is 12.7. The molecule has 1 fully saturated rings. The second-order valence-electron chi connectivity index (χ2n) is 5.74. The number of ether oxygens (including phenoxy) is 1.